The summed E-state index contributed by atoms with van der Waals surface area (Å²) in [6.45, 7) is 0.967. The molecule has 0 aromatic heterocycles. The molecule has 3 fully saturated rings. The van der Waals surface area contributed by atoms with E-state index in [2.05, 4.69) is 0 Å². The van der Waals surface area contributed by atoms with Crippen LogP contribution in [0.5, 0.6) is 0 Å². The number of aliphatic hydroxyl groups is 1. The monoisotopic (exact) mass is 266 g/mol. The Morgan fingerprint density at radius 2 is 1.68 bits per heavy atom. The van der Waals surface area contributed by atoms with Crippen LogP contribution in [0.25, 0.3) is 0 Å². The van der Waals surface area contributed by atoms with Crippen molar-refractivity contribution in [3.8, 4) is 0 Å². The highest BCUT2D eigenvalue weighted by Gasteiger charge is 2.32. The maximum atomic E-state index is 10.2. The summed E-state index contributed by atoms with van der Waals surface area (Å²) in [6.07, 6.45) is 15.3. The molecule has 110 valence electrons. The van der Waals surface area contributed by atoms with E-state index in [-0.39, 0.29) is 6.10 Å². The van der Waals surface area contributed by atoms with Gasteiger partial charge in [-0.2, -0.15) is 0 Å². The molecule has 2 aliphatic carbocycles. The third-order valence-corrected chi connectivity index (χ3v) is 5.70. The lowest BCUT2D eigenvalue weighted by Gasteiger charge is -2.36. The molecule has 0 bridgehead atoms. The molecule has 2 nitrogen and oxygen atoms in total. The molecule has 1 heterocycles. The molecule has 0 aromatic carbocycles. The SMILES string of the molecule is OC1CCC(CC2CCCCC2)CC1CCC1CO1. The van der Waals surface area contributed by atoms with E-state index < -0.39 is 0 Å². The fraction of sp³-hybridized carbons (Fsp3) is 1.00. The number of aliphatic hydroxyl groups excluding tert-OH is 1. The van der Waals surface area contributed by atoms with Crippen LogP contribution in [-0.4, -0.2) is 23.9 Å². The zero-order valence-electron chi connectivity index (χ0n) is 12.2. The van der Waals surface area contributed by atoms with Gasteiger partial charge in [-0.1, -0.05) is 32.1 Å². The Balaban J connectivity index is 1.43. The highest BCUT2D eigenvalue weighted by Crippen LogP contribution is 2.39. The molecule has 3 aliphatic rings. The fourth-order valence-electron chi connectivity index (χ4n) is 4.40. The van der Waals surface area contributed by atoms with Crippen LogP contribution in [0.1, 0.15) is 70.6 Å². The fourth-order valence-corrected chi connectivity index (χ4v) is 4.40. The van der Waals surface area contributed by atoms with E-state index in [1.165, 1.54) is 64.2 Å². The highest BCUT2D eigenvalue weighted by molar-refractivity contribution is 4.83. The quantitative estimate of drug-likeness (QED) is 0.765. The van der Waals surface area contributed by atoms with Crippen molar-refractivity contribution in [3.63, 3.8) is 0 Å². The van der Waals surface area contributed by atoms with E-state index in [0.29, 0.717) is 12.0 Å². The molecule has 1 N–H and O–H groups in total. The Morgan fingerprint density at radius 3 is 2.42 bits per heavy atom. The summed E-state index contributed by atoms with van der Waals surface area (Å²) in [4.78, 5) is 0. The standard InChI is InChI=1S/C17H30O2/c18-17-9-6-14(10-13-4-2-1-3-5-13)11-15(17)7-8-16-12-19-16/h13-18H,1-12H2. The van der Waals surface area contributed by atoms with Crippen LogP contribution in [-0.2, 0) is 4.74 Å². The van der Waals surface area contributed by atoms with Gasteiger partial charge in [-0.05, 0) is 56.3 Å². The molecule has 0 spiro atoms. The van der Waals surface area contributed by atoms with Gasteiger partial charge >= 0.3 is 0 Å². The Morgan fingerprint density at radius 1 is 0.895 bits per heavy atom. The van der Waals surface area contributed by atoms with Crippen LogP contribution in [0.15, 0.2) is 0 Å². The van der Waals surface area contributed by atoms with Gasteiger partial charge in [0, 0.05) is 0 Å². The second kappa shape index (κ2) is 6.58. The van der Waals surface area contributed by atoms with Gasteiger partial charge in [-0.25, -0.2) is 0 Å². The maximum absolute atomic E-state index is 10.2. The number of hydrogen-bond donors (Lipinski definition) is 1. The molecule has 1 saturated heterocycles. The summed E-state index contributed by atoms with van der Waals surface area (Å²) in [5.41, 5.74) is 0. The minimum Gasteiger partial charge on any atom is -0.393 e. The van der Waals surface area contributed by atoms with E-state index in [1.54, 1.807) is 0 Å². The maximum Gasteiger partial charge on any atom is 0.0810 e. The molecule has 0 aromatic rings. The van der Waals surface area contributed by atoms with Crippen LogP contribution < -0.4 is 0 Å². The molecule has 3 rings (SSSR count). The zero-order chi connectivity index (χ0) is 13.1. The summed E-state index contributed by atoms with van der Waals surface area (Å²) < 4.78 is 5.30. The first-order valence-corrected chi connectivity index (χ1v) is 8.61. The van der Waals surface area contributed by atoms with Crippen LogP contribution in [0.2, 0.25) is 0 Å². The third kappa shape index (κ3) is 4.19. The summed E-state index contributed by atoms with van der Waals surface area (Å²) >= 11 is 0. The van der Waals surface area contributed by atoms with Crippen molar-refractivity contribution >= 4 is 0 Å². The molecule has 19 heavy (non-hydrogen) atoms. The summed E-state index contributed by atoms with van der Waals surface area (Å²) in [5, 5.41) is 10.2. The van der Waals surface area contributed by atoms with Crippen molar-refractivity contribution < 1.29 is 9.84 Å². The first kappa shape index (κ1) is 13.9. The van der Waals surface area contributed by atoms with Gasteiger partial charge < -0.3 is 9.84 Å². The average Bonchev–Trinajstić information content (AvgIpc) is 3.25. The van der Waals surface area contributed by atoms with Crippen LogP contribution in [0.4, 0.5) is 0 Å². The lowest BCUT2D eigenvalue weighted by atomic mass is 9.72. The van der Waals surface area contributed by atoms with Crippen molar-refractivity contribution in [2.24, 2.45) is 17.8 Å². The van der Waals surface area contributed by atoms with Crippen molar-refractivity contribution in [2.45, 2.75) is 82.8 Å². The van der Waals surface area contributed by atoms with Gasteiger partial charge in [-0.15, -0.1) is 0 Å². The van der Waals surface area contributed by atoms with E-state index in [1.807, 2.05) is 0 Å². The number of ether oxygens (including phenoxy) is 1. The molecule has 0 amide bonds. The summed E-state index contributed by atoms with van der Waals surface area (Å²) in [5.74, 6) is 2.46. The van der Waals surface area contributed by atoms with E-state index in [0.717, 1.165) is 24.9 Å². The van der Waals surface area contributed by atoms with Gasteiger partial charge in [0.05, 0.1) is 18.8 Å². The van der Waals surface area contributed by atoms with Gasteiger partial charge in [-0.3, -0.25) is 0 Å². The third-order valence-electron chi connectivity index (χ3n) is 5.70. The molecular formula is C17H30O2. The van der Waals surface area contributed by atoms with E-state index in [4.69, 9.17) is 4.74 Å². The second-order valence-electron chi connectivity index (χ2n) is 7.28. The zero-order valence-corrected chi connectivity index (χ0v) is 12.2. The Labute approximate surface area is 117 Å². The highest BCUT2D eigenvalue weighted by atomic mass is 16.6. The lowest BCUT2D eigenvalue weighted by Crippen LogP contribution is -2.30. The Hall–Kier alpha value is -0.0800. The van der Waals surface area contributed by atoms with Crippen molar-refractivity contribution in [2.75, 3.05) is 6.61 Å². The molecule has 0 radical (unpaired) electrons. The summed E-state index contributed by atoms with van der Waals surface area (Å²) in [6, 6.07) is 0. The first-order chi connectivity index (χ1) is 9.31. The molecule has 2 heteroatoms. The number of rotatable bonds is 5. The largest absolute Gasteiger partial charge is 0.393 e. The Kier molecular flexibility index (Phi) is 4.81. The van der Waals surface area contributed by atoms with E-state index >= 15 is 0 Å². The molecule has 4 atom stereocenters. The minimum absolute atomic E-state index is 0.0265. The van der Waals surface area contributed by atoms with Gasteiger partial charge in [0.1, 0.15) is 0 Å². The lowest BCUT2D eigenvalue weighted by molar-refractivity contribution is 0.0349. The summed E-state index contributed by atoms with van der Waals surface area (Å²) in [7, 11) is 0. The normalized spacial score (nSPS) is 40.3. The number of epoxide rings is 1. The second-order valence-corrected chi connectivity index (χ2v) is 7.28. The average molecular weight is 266 g/mol. The number of hydrogen-bond acceptors (Lipinski definition) is 2. The van der Waals surface area contributed by atoms with Crippen molar-refractivity contribution in [3.05, 3.63) is 0 Å². The van der Waals surface area contributed by atoms with Crippen molar-refractivity contribution in [1.82, 2.24) is 0 Å². The van der Waals surface area contributed by atoms with Crippen LogP contribution in [0, 0.1) is 17.8 Å². The van der Waals surface area contributed by atoms with Crippen LogP contribution in [0.3, 0.4) is 0 Å². The minimum atomic E-state index is -0.0265. The Bertz CT molecular complexity index is 268. The van der Waals surface area contributed by atoms with Crippen LogP contribution >= 0.6 is 0 Å². The first-order valence-electron chi connectivity index (χ1n) is 8.61. The molecule has 4 unspecified atom stereocenters. The van der Waals surface area contributed by atoms with Crippen molar-refractivity contribution in [1.29, 1.82) is 0 Å². The van der Waals surface area contributed by atoms with E-state index in [9.17, 15) is 5.11 Å². The van der Waals surface area contributed by atoms with Gasteiger partial charge in [0.15, 0.2) is 0 Å². The molecule has 1 aliphatic heterocycles. The van der Waals surface area contributed by atoms with Gasteiger partial charge in [0.25, 0.3) is 0 Å². The van der Waals surface area contributed by atoms with Gasteiger partial charge in [0.2, 0.25) is 0 Å². The smallest absolute Gasteiger partial charge is 0.0810 e. The molecular weight excluding hydrogens is 236 g/mol. The molecule has 2 saturated carbocycles. The topological polar surface area (TPSA) is 32.8 Å². The predicted molar refractivity (Wildman–Crippen MR) is 77.0 cm³/mol. The predicted octanol–water partition coefficient (Wildman–Crippen LogP) is 3.91.